The molecule has 8 nitrogen and oxygen atoms in total. The van der Waals surface area contributed by atoms with Gasteiger partial charge < -0.3 is 10.5 Å². The molecule has 0 saturated carbocycles. The molecule has 2 atom stereocenters. The van der Waals surface area contributed by atoms with Crippen LogP contribution in [-0.2, 0) is 24.2 Å². The largest absolute Gasteiger partial charge is 0.383 e. The molecule has 2 aromatic heterocycles. The third kappa shape index (κ3) is 4.61. The molecule has 0 bridgehead atoms. The van der Waals surface area contributed by atoms with Crippen molar-refractivity contribution in [3.8, 4) is 11.3 Å². The van der Waals surface area contributed by atoms with Gasteiger partial charge in [0, 0.05) is 38.3 Å². The van der Waals surface area contributed by atoms with Crippen LogP contribution >= 0.6 is 0 Å². The summed E-state index contributed by atoms with van der Waals surface area (Å²) in [5, 5.41) is 5.96. The summed E-state index contributed by atoms with van der Waals surface area (Å²) in [5.41, 5.74) is 13.4. The molecule has 0 radical (unpaired) electrons. The van der Waals surface area contributed by atoms with E-state index in [4.69, 9.17) is 15.6 Å². The quantitative estimate of drug-likeness (QED) is 0.408. The van der Waals surface area contributed by atoms with E-state index in [1.165, 1.54) is 16.7 Å². The van der Waals surface area contributed by atoms with Crippen LogP contribution in [-0.4, -0.2) is 68.4 Å². The summed E-state index contributed by atoms with van der Waals surface area (Å²) >= 11 is 0. The number of anilines is 1. The molecule has 0 spiro atoms. The monoisotopic (exact) mass is 495 g/mol. The Balaban J connectivity index is 1.14. The van der Waals surface area contributed by atoms with Gasteiger partial charge in [0.25, 0.3) is 0 Å². The molecule has 5 heterocycles. The number of epoxide rings is 1. The zero-order valence-corrected chi connectivity index (χ0v) is 21.1. The highest BCUT2D eigenvalue weighted by molar-refractivity contribution is 5.98. The van der Waals surface area contributed by atoms with Crippen LogP contribution in [0.2, 0.25) is 0 Å². The molecule has 2 saturated heterocycles. The number of nitrogen functional groups attached to an aromatic ring is 1. The first kappa shape index (κ1) is 22.8. The lowest BCUT2D eigenvalue weighted by atomic mass is 9.99. The van der Waals surface area contributed by atoms with E-state index in [1.54, 1.807) is 6.33 Å². The number of piperidine rings is 1. The first-order valence-corrected chi connectivity index (χ1v) is 13.4. The smallest absolute Gasteiger partial charge is 0.164 e. The van der Waals surface area contributed by atoms with Crippen molar-refractivity contribution in [2.24, 2.45) is 0 Å². The highest BCUT2D eigenvalue weighted by Crippen LogP contribution is 2.34. The maximum Gasteiger partial charge on any atom is 0.164 e. The van der Waals surface area contributed by atoms with E-state index in [-0.39, 0.29) is 6.04 Å². The maximum atomic E-state index is 6.39. The lowest BCUT2D eigenvalue weighted by Crippen LogP contribution is -2.39. The van der Waals surface area contributed by atoms with Gasteiger partial charge >= 0.3 is 0 Å². The van der Waals surface area contributed by atoms with Crippen LogP contribution in [0.4, 0.5) is 5.82 Å². The van der Waals surface area contributed by atoms with Gasteiger partial charge in [-0.15, -0.1) is 0 Å². The lowest BCUT2D eigenvalue weighted by molar-refractivity contribution is 0.160. The second-order valence-corrected chi connectivity index (χ2v) is 10.7. The minimum atomic E-state index is 0.263. The Morgan fingerprint density at radius 1 is 0.973 bits per heavy atom. The number of benzene rings is 2. The molecule has 0 amide bonds. The van der Waals surface area contributed by atoms with E-state index >= 15 is 0 Å². The first-order chi connectivity index (χ1) is 18.2. The van der Waals surface area contributed by atoms with E-state index < -0.39 is 0 Å². The van der Waals surface area contributed by atoms with Gasteiger partial charge in [-0.05, 0) is 42.5 Å². The molecule has 3 aliphatic heterocycles. The zero-order chi connectivity index (χ0) is 24.8. The van der Waals surface area contributed by atoms with Gasteiger partial charge in [-0.3, -0.25) is 9.80 Å². The number of hydrogen-bond donors (Lipinski definition) is 1. The van der Waals surface area contributed by atoms with E-state index in [9.17, 15) is 0 Å². The maximum absolute atomic E-state index is 6.39. The van der Waals surface area contributed by atoms with Crippen LogP contribution in [0, 0.1) is 0 Å². The fourth-order valence-corrected chi connectivity index (χ4v) is 6.03. The number of likely N-dealkylation sites (tertiary alicyclic amines) is 1. The molecule has 0 aliphatic carbocycles. The molecular formula is C29H33N7O. The summed E-state index contributed by atoms with van der Waals surface area (Å²) in [5.74, 6) is 0.487. The number of ether oxygens (including phenoxy) is 1. The summed E-state index contributed by atoms with van der Waals surface area (Å²) in [7, 11) is 0. The van der Waals surface area contributed by atoms with Gasteiger partial charge in [-0.25, -0.2) is 14.6 Å². The van der Waals surface area contributed by atoms with Gasteiger partial charge in [0.2, 0.25) is 0 Å². The predicted molar refractivity (Wildman–Crippen MR) is 144 cm³/mol. The fraction of sp³-hybridized carbons (Fsp3) is 0.414. The molecule has 2 N–H and O–H groups in total. The van der Waals surface area contributed by atoms with Crippen LogP contribution in [0.25, 0.3) is 22.3 Å². The first-order valence-electron chi connectivity index (χ1n) is 13.4. The number of nitrogens with zero attached hydrogens (tertiary/aromatic N) is 6. The van der Waals surface area contributed by atoms with Crippen molar-refractivity contribution in [3.63, 3.8) is 0 Å². The summed E-state index contributed by atoms with van der Waals surface area (Å²) in [6.07, 6.45) is 5.30. The Labute approximate surface area is 217 Å². The number of fused-ring (bicyclic) bond motifs is 2. The number of rotatable bonds is 6. The molecule has 2 aromatic carbocycles. The molecule has 37 heavy (non-hydrogen) atoms. The molecule has 4 aromatic rings. The van der Waals surface area contributed by atoms with Gasteiger partial charge in [0.1, 0.15) is 17.8 Å². The second kappa shape index (κ2) is 9.52. The van der Waals surface area contributed by atoms with E-state index in [0.717, 1.165) is 87.4 Å². The molecule has 3 aliphatic rings. The number of nitrogens with two attached hydrogens (primary N) is 1. The Morgan fingerprint density at radius 3 is 2.65 bits per heavy atom. The van der Waals surface area contributed by atoms with Crippen LogP contribution in [0.5, 0.6) is 0 Å². The Kier molecular flexibility index (Phi) is 5.88. The van der Waals surface area contributed by atoms with Gasteiger partial charge in [-0.2, -0.15) is 5.10 Å². The summed E-state index contributed by atoms with van der Waals surface area (Å²) in [4.78, 5) is 14.0. The Bertz CT molecular complexity index is 1410. The summed E-state index contributed by atoms with van der Waals surface area (Å²) in [6, 6.07) is 17.8. The highest BCUT2D eigenvalue weighted by atomic mass is 16.6. The molecule has 2 unspecified atom stereocenters. The average Bonchev–Trinajstić information content (AvgIpc) is 3.66. The topological polar surface area (TPSA) is 88.6 Å². The van der Waals surface area contributed by atoms with E-state index in [1.807, 2.05) is 0 Å². The van der Waals surface area contributed by atoms with Crippen molar-refractivity contribution in [1.29, 1.82) is 0 Å². The van der Waals surface area contributed by atoms with Crippen LogP contribution in [0.15, 0.2) is 54.9 Å². The highest BCUT2D eigenvalue weighted by Gasteiger charge is 2.31. The van der Waals surface area contributed by atoms with Gasteiger partial charge in [0.05, 0.1) is 24.1 Å². The summed E-state index contributed by atoms with van der Waals surface area (Å²) < 4.78 is 7.57. The number of hydrogen-bond acceptors (Lipinski definition) is 7. The average molecular weight is 496 g/mol. The van der Waals surface area contributed by atoms with E-state index in [0.29, 0.717) is 11.9 Å². The normalized spacial score (nSPS) is 22.3. The van der Waals surface area contributed by atoms with Crippen molar-refractivity contribution >= 4 is 16.9 Å². The Morgan fingerprint density at radius 2 is 1.81 bits per heavy atom. The molecule has 8 heteroatoms. The van der Waals surface area contributed by atoms with Crippen molar-refractivity contribution in [3.05, 3.63) is 71.5 Å². The van der Waals surface area contributed by atoms with Crippen LogP contribution < -0.4 is 5.73 Å². The van der Waals surface area contributed by atoms with Crippen molar-refractivity contribution in [2.75, 3.05) is 38.5 Å². The SMILES string of the molecule is Nc1ncnc2c1c(-c1ccc(CN3CCc4ccccc4C3)cc1)nn2C1CCCN(CC2CO2)C1. The van der Waals surface area contributed by atoms with Gasteiger partial charge in [0.15, 0.2) is 5.65 Å². The standard InChI is InChI=1S/C29H33N7O/c30-28-26-27(22-9-7-20(8-10-22)14-35-13-11-21-4-1-2-5-23(21)15-35)33-36(29(26)32-19-31-28)24-6-3-12-34(16-24)17-25-18-37-25/h1-2,4-5,7-10,19,24-25H,3,6,11-18H2,(H2,30,31,32). The van der Waals surface area contributed by atoms with Crippen LogP contribution in [0.3, 0.4) is 0 Å². The summed E-state index contributed by atoms with van der Waals surface area (Å²) in [6.45, 7) is 7.00. The van der Waals surface area contributed by atoms with Crippen molar-refractivity contribution in [2.45, 2.75) is 44.5 Å². The van der Waals surface area contributed by atoms with Crippen LogP contribution in [0.1, 0.15) is 35.6 Å². The number of aromatic nitrogens is 4. The van der Waals surface area contributed by atoms with Crippen molar-refractivity contribution < 1.29 is 4.74 Å². The Hall–Kier alpha value is -3.33. The van der Waals surface area contributed by atoms with Gasteiger partial charge in [-0.1, -0.05) is 48.5 Å². The minimum Gasteiger partial charge on any atom is -0.383 e. The second-order valence-electron chi connectivity index (χ2n) is 10.7. The zero-order valence-electron chi connectivity index (χ0n) is 21.1. The molecule has 7 rings (SSSR count). The minimum absolute atomic E-state index is 0.263. The lowest BCUT2D eigenvalue weighted by Gasteiger charge is -2.32. The third-order valence-electron chi connectivity index (χ3n) is 8.05. The molecular weight excluding hydrogens is 462 g/mol. The van der Waals surface area contributed by atoms with E-state index in [2.05, 4.69) is 73.0 Å². The molecule has 190 valence electrons. The van der Waals surface area contributed by atoms with Crippen molar-refractivity contribution in [1.82, 2.24) is 29.5 Å². The predicted octanol–water partition coefficient (Wildman–Crippen LogP) is 3.67. The third-order valence-corrected chi connectivity index (χ3v) is 8.05. The fourth-order valence-electron chi connectivity index (χ4n) is 6.03. The molecule has 2 fully saturated rings.